The van der Waals surface area contributed by atoms with Crippen molar-refractivity contribution in [1.82, 2.24) is 5.32 Å². The molecule has 1 aliphatic heterocycles. The molecule has 0 saturated carbocycles. The van der Waals surface area contributed by atoms with Gasteiger partial charge in [0.15, 0.2) is 11.5 Å². The standard InChI is InChI=1S/C11H15NO3/c1-12-7-8-5-9(13-2)11-10(6-8)14-3-4-15-11/h5-6,12H,3-4,7H2,1-2H3. The number of rotatable bonds is 3. The third-order valence-electron chi connectivity index (χ3n) is 2.27. The van der Waals surface area contributed by atoms with E-state index in [1.165, 1.54) is 0 Å². The fourth-order valence-electron chi connectivity index (χ4n) is 1.63. The average molecular weight is 209 g/mol. The molecule has 0 atom stereocenters. The van der Waals surface area contributed by atoms with E-state index in [0.717, 1.165) is 23.6 Å². The zero-order chi connectivity index (χ0) is 10.7. The Hall–Kier alpha value is -1.42. The number of fused-ring (bicyclic) bond motifs is 1. The molecule has 0 spiro atoms. The lowest BCUT2D eigenvalue weighted by atomic mass is 10.1. The molecule has 0 fully saturated rings. The van der Waals surface area contributed by atoms with Crippen LogP contribution in [0.2, 0.25) is 0 Å². The first-order chi connectivity index (χ1) is 7.35. The van der Waals surface area contributed by atoms with Crippen LogP contribution in [0.3, 0.4) is 0 Å². The van der Waals surface area contributed by atoms with Crippen LogP contribution in [-0.2, 0) is 6.54 Å². The molecule has 0 bridgehead atoms. The molecule has 1 aromatic rings. The molecule has 2 rings (SSSR count). The number of hydrogen-bond donors (Lipinski definition) is 1. The van der Waals surface area contributed by atoms with Crippen LogP contribution >= 0.6 is 0 Å². The summed E-state index contributed by atoms with van der Waals surface area (Å²) in [5.74, 6) is 2.21. The minimum Gasteiger partial charge on any atom is -0.493 e. The monoisotopic (exact) mass is 209 g/mol. The highest BCUT2D eigenvalue weighted by molar-refractivity contribution is 5.54. The van der Waals surface area contributed by atoms with Gasteiger partial charge in [0.2, 0.25) is 5.75 Å². The molecule has 1 heterocycles. The van der Waals surface area contributed by atoms with Gasteiger partial charge in [-0.15, -0.1) is 0 Å². The van der Waals surface area contributed by atoms with Gasteiger partial charge in [0.1, 0.15) is 13.2 Å². The Morgan fingerprint density at radius 2 is 2.13 bits per heavy atom. The van der Waals surface area contributed by atoms with E-state index in [9.17, 15) is 0 Å². The highest BCUT2D eigenvalue weighted by Gasteiger charge is 2.17. The van der Waals surface area contributed by atoms with Crippen LogP contribution in [0.25, 0.3) is 0 Å². The molecular weight excluding hydrogens is 194 g/mol. The summed E-state index contributed by atoms with van der Waals surface area (Å²) in [5, 5.41) is 3.09. The minimum atomic E-state index is 0.578. The van der Waals surface area contributed by atoms with E-state index in [4.69, 9.17) is 14.2 Å². The van der Waals surface area contributed by atoms with E-state index >= 15 is 0 Å². The Morgan fingerprint density at radius 3 is 2.87 bits per heavy atom. The van der Waals surface area contributed by atoms with Crippen LogP contribution < -0.4 is 19.5 Å². The summed E-state index contributed by atoms with van der Waals surface area (Å²) < 4.78 is 16.3. The number of ether oxygens (including phenoxy) is 3. The van der Waals surface area contributed by atoms with E-state index in [1.807, 2.05) is 19.2 Å². The summed E-state index contributed by atoms with van der Waals surface area (Å²) in [6, 6.07) is 3.94. The molecular formula is C11H15NO3. The van der Waals surface area contributed by atoms with Crippen molar-refractivity contribution in [1.29, 1.82) is 0 Å². The summed E-state index contributed by atoms with van der Waals surface area (Å²) in [4.78, 5) is 0. The predicted molar refractivity (Wildman–Crippen MR) is 56.7 cm³/mol. The van der Waals surface area contributed by atoms with Crippen LogP contribution in [0.1, 0.15) is 5.56 Å². The lowest BCUT2D eigenvalue weighted by Gasteiger charge is -2.21. The first kappa shape index (κ1) is 10.1. The van der Waals surface area contributed by atoms with Crippen molar-refractivity contribution in [3.05, 3.63) is 17.7 Å². The van der Waals surface area contributed by atoms with E-state index in [-0.39, 0.29) is 0 Å². The van der Waals surface area contributed by atoms with Gasteiger partial charge in [0.25, 0.3) is 0 Å². The van der Waals surface area contributed by atoms with Gasteiger partial charge in [-0.25, -0.2) is 0 Å². The molecule has 0 radical (unpaired) electrons. The van der Waals surface area contributed by atoms with Crippen LogP contribution in [0.15, 0.2) is 12.1 Å². The van der Waals surface area contributed by atoms with E-state index in [0.29, 0.717) is 19.0 Å². The zero-order valence-corrected chi connectivity index (χ0v) is 9.00. The number of benzene rings is 1. The lowest BCUT2D eigenvalue weighted by Crippen LogP contribution is -2.16. The molecule has 0 saturated heterocycles. The summed E-state index contributed by atoms with van der Waals surface area (Å²) >= 11 is 0. The first-order valence-electron chi connectivity index (χ1n) is 4.96. The second-order valence-electron chi connectivity index (χ2n) is 3.35. The third kappa shape index (κ3) is 1.99. The molecule has 1 N–H and O–H groups in total. The maximum Gasteiger partial charge on any atom is 0.203 e. The second kappa shape index (κ2) is 4.40. The van der Waals surface area contributed by atoms with Crippen molar-refractivity contribution in [3.63, 3.8) is 0 Å². The maximum atomic E-state index is 5.52. The van der Waals surface area contributed by atoms with Crippen molar-refractivity contribution >= 4 is 0 Å². The highest BCUT2D eigenvalue weighted by atomic mass is 16.6. The number of methoxy groups -OCH3 is 1. The van der Waals surface area contributed by atoms with Gasteiger partial charge in [-0.05, 0) is 24.7 Å². The third-order valence-corrected chi connectivity index (χ3v) is 2.27. The van der Waals surface area contributed by atoms with Crippen LogP contribution in [-0.4, -0.2) is 27.4 Å². The van der Waals surface area contributed by atoms with Crippen molar-refractivity contribution in [2.24, 2.45) is 0 Å². The number of hydrogen-bond acceptors (Lipinski definition) is 4. The second-order valence-corrected chi connectivity index (χ2v) is 3.35. The lowest BCUT2D eigenvalue weighted by molar-refractivity contribution is 0.165. The van der Waals surface area contributed by atoms with Gasteiger partial charge in [-0.3, -0.25) is 0 Å². The Kier molecular flexibility index (Phi) is 2.97. The van der Waals surface area contributed by atoms with Crippen LogP contribution in [0, 0.1) is 0 Å². The zero-order valence-electron chi connectivity index (χ0n) is 9.00. The van der Waals surface area contributed by atoms with Crippen LogP contribution in [0.4, 0.5) is 0 Å². The van der Waals surface area contributed by atoms with Gasteiger partial charge in [-0.2, -0.15) is 0 Å². The first-order valence-corrected chi connectivity index (χ1v) is 4.96. The smallest absolute Gasteiger partial charge is 0.203 e. The highest BCUT2D eigenvalue weighted by Crippen LogP contribution is 2.40. The van der Waals surface area contributed by atoms with Gasteiger partial charge in [0.05, 0.1) is 7.11 Å². The van der Waals surface area contributed by atoms with Gasteiger partial charge < -0.3 is 19.5 Å². The van der Waals surface area contributed by atoms with Crippen LogP contribution in [0.5, 0.6) is 17.2 Å². The molecule has 4 nitrogen and oxygen atoms in total. The fourth-order valence-corrected chi connectivity index (χ4v) is 1.63. The Labute approximate surface area is 89.1 Å². The molecule has 0 amide bonds. The molecule has 0 unspecified atom stereocenters. The minimum absolute atomic E-state index is 0.578. The molecule has 1 aliphatic rings. The summed E-state index contributed by atoms with van der Waals surface area (Å²) in [7, 11) is 3.54. The normalized spacial score (nSPS) is 13.7. The summed E-state index contributed by atoms with van der Waals surface area (Å²) in [6.45, 7) is 1.96. The molecule has 4 heteroatoms. The Morgan fingerprint density at radius 1 is 1.33 bits per heavy atom. The number of nitrogens with one attached hydrogen (secondary N) is 1. The average Bonchev–Trinajstić information content (AvgIpc) is 2.28. The quantitative estimate of drug-likeness (QED) is 0.811. The van der Waals surface area contributed by atoms with E-state index in [1.54, 1.807) is 7.11 Å². The van der Waals surface area contributed by atoms with Gasteiger partial charge in [-0.1, -0.05) is 0 Å². The maximum absolute atomic E-state index is 5.52. The molecule has 0 aliphatic carbocycles. The van der Waals surface area contributed by atoms with E-state index in [2.05, 4.69) is 5.32 Å². The largest absolute Gasteiger partial charge is 0.493 e. The van der Waals surface area contributed by atoms with Crippen molar-refractivity contribution in [2.45, 2.75) is 6.54 Å². The Bertz CT molecular complexity index is 335. The molecule has 0 aromatic heterocycles. The van der Waals surface area contributed by atoms with Crippen molar-refractivity contribution in [3.8, 4) is 17.2 Å². The predicted octanol–water partition coefficient (Wildman–Crippen LogP) is 1.19. The van der Waals surface area contributed by atoms with Crippen molar-refractivity contribution < 1.29 is 14.2 Å². The Balaban J connectivity index is 2.38. The van der Waals surface area contributed by atoms with Gasteiger partial charge >= 0.3 is 0 Å². The summed E-state index contributed by atoms with van der Waals surface area (Å²) in [6.07, 6.45) is 0. The molecule has 15 heavy (non-hydrogen) atoms. The van der Waals surface area contributed by atoms with Crippen molar-refractivity contribution in [2.75, 3.05) is 27.4 Å². The van der Waals surface area contributed by atoms with Gasteiger partial charge in [0, 0.05) is 6.54 Å². The fraction of sp³-hybridized carbons (Fsp3) is 0.455. The van der Waals surface area contributed by atoms with E-state index < -0.39 is 0 Å². The molecule has 1 aromatic carbocycles. The summed E-state index contributed by atoms with van der Waals surface area (Å²) in [5.41, 5.74) is 1.12. The SMILES string of the molecule is CNCc1cc(OC)c2c(c1)OCCO2. The molecule has 82 valence electrons. The topological polar surface area (TPSA) is 39.7 Å².